The molecule has 4 heteroatoms. The molecule has 0 bridgehead atoms. The van der Waals surface area contributed by atoms with E-state index in [9.17, 15) is 4.79 Å². The number of ether oxygens (including phenoxy) is 1. The second-order valence-corrected chi connectivity index (χ2v) is 5.88. The van der Waals surface area contributed by atoms with E-state index in [0.717, 1.165) is 35.7 Å². The van der Waals surface area contributed by atoms with Gasteiger partial charge >= 0.3 is 5.97 Å². The van der Waals surface area contributed by atoms with Gasteiger partial charge < -0.3 is 14.7 Å². The molecular formula is C19H21NO3. The zero-order valence-corrected chi connectivity index (χ0v) is 13.2. The summed E-state index contributed by atoms with van der Waals surface area (Å²) in [7, 11) is 1.66. The van der Waals surface area contributed by atoms with Crippen molar-refractivity contribution in [2.24, 2.45) is 5.92 Å². The van der Waals surface area contributed by atoms with Gasteiger partial charge in [-0.15, -0.1) is 0 Å². The minimum Gasteiger partial charge on any atom is -0.497 e. The smallest absolute Gasteiger partial charge is 0.306 e. The topological polar surface area (TPSA) is 49.8 Å². The van der Waals surface area contributed by atoms with Crippen molar-refractivity contribution in [3.63, 3.8) is 0 Å². The number of methoxy groups -OCH3 is 1. The van der Waals surface area contributed by atoms with Crippen LogP contribution in [0.3, 0.4) is 0 Å². The molecule has 0 saturated carbocycles. The third-order valence-electron chi connectivity index (χ3n) is 4.48. The highest BCUT2D eigenvalue weighted by atomic mass is 16.5. The van der Waals surface area contributed by atoms with Gasteiger partial charge in [0.15, 0.2) is 0 Å². The Kier molecular flexibility index (Phi) is 4.51. The fraction of sp³-hybridized carbons (Fsp3) is 0.316. The van der Waals surface area contributed by atoms with Gasteiger partial charge in [0.05, 0.1) is 13.0 Å². The van der Waals surface area contributed by atoms with Gasteiger partial charge in [-0.3, -0.25) is 4.79 Å². The molecule has 0 amide bonds. The van der Waals surface area contributed by atoms with Crippen LogP contribution in [0.4, 0.5) is 5.69 Å². The number of anilines is 1. The number of hydrogen-bond acceptors (Lipinski definition) is 3. The van der Waals surface area contributed by atoms with E-state index >= 15 is 0 Å². The first-order chi connectivity index (χ1) is 11.2. The monoisotopic (exact) mass is 311 g/mol. The standard InChI is InChI=1S/C19H21NO3/c1-23-18-7-5-14(6-8-18)16-3-2-4-17(13-16)20-11-9-15(10-12-20)19(21)22/h2-8,13,15H,9-12H2,1H3,(H,21,22). The Labute approximate surface area is 136 Å². The molecule has 1 aliphatic heterocycles. The van der Waals surface area contributed by atoms with Gasteiger partial charge in [-0.05, 0) is 48.2 Å². The number of aliphatic carboxylic acids is 1. The van der Waals surface area contributed by atoms with Crippen LogP contribution in [-0.4, -0.2) is 31.3 Å². The number of benzene rings is 2. The van der Waals surface area contributed by atoms with Crippen LogP contribution in [-0.2, 0) is 4.79 Å². The van der Waals surface area contributed by atoms with Crippen LogP contribution in [0.2, 0.25) is 0 Å². The van der Waals surface area contributed by atoms with Gasteiger partial charge in [0.2, 0.25) is 0 Å². The predicted molar refractivity (Wildman–Crippen MR) is 91.0 cm³/mol. The van der Waals surface area contributed by atoms with Crippen molar-refractivity contribution in [2.45, 2.75) is 12.8 Å². The average Bonchev–Trinajstić information content (AvgIpc) is 2.62. The highest BCUT2D eigenvalue weighted by molar-refractivity contribution is 5.71. The molecule has 2 aromatic carbocycles. The average molecular weight is 311 g/mol. The lowest BCUT2D eigenvalue weighted by molar-refractivity contribution is -0.142. The number of hydrogen-bond donors (Lipinski definition) is 1. The Morgan fingerprint density at radius 2 is 1.78 bits per heavy atom. The summed E-state index contributed by atoms with van der Waals surface area (Å²) in [6.45, 7) is 1.59. The van der Waals surface area contributed by atoms with Gasteiger partial charge in [-0.1, -0.05) is 24.3 Å². The van der Waals surface area contributed by atoms with E-state index in [1.807, 2.05) is 12.1 Å². The first kappa shape index (κ1) is 15.4. The highest BCUT2D eigenvalue weighted by Gasteiger charge is 2.24. The molecule has 0 atom stereocenters. The van der Waals surface area contributed by atoms with Gasteiger partial charge in [-0.2, -0.15) is 0 Å². The van der Waals surface area contributed by atoms with Gasteiger partial charge in [-0.25, -0.2) is 0 Å². The van der Waals surface area contributed by atoms with Crippen LogP contribution < -0.4 is 9.64 Å². The van der Waals surface area contributed by atoms with Crippen molar-refractivity contribution >= 4 is 11.7 Å². The Hall–Kier alpha value is -2.49. The van der Waals surface area contributed by atoms with Crippen molar-refractivity contribution in [1.29, 1.82) is 0 Å². The predicted octanol–water partition coefficient (Wildman–Crippen LogP) is 3.66. The maximum absolute atomic E-state index is 11.1. The van der Waals surface area contributed by atoms with E-state index in [1.54, 1.807) is 7.11 Å². The van der Waals surface area contributed by atoms with Crippen molar-refractivity contribution < 1.29 is 14.6 Å². The molecule has 0 aliphatic carbocycles. The Morgan fingerprint density at radius 3 is 2.39 bits per heavy atom. The van der Waals surface area contributed by atoms with Crippen LogP contribution in [0.15, 0.2) is 48.5 Å². The third kappa shape index (κ3) is 3.47. The largest absolute Gasteiger partial charge is 0.497 e. The number of carboxylic acids is 1. The molecular weight excluding hydrogens is 290 g/mol. The van der Waals surface area contributed by atoms with Crippen LogP contribution in [0.25, 0.3) is 11.1 Å². The molecule has 23 heavy (non-hydrogen) atoms. The van der Waals surface area contributed by atoms with E-state index < -0.39 is 5.97 Å². The lowest BCUT2D eigenvalue weighted by Gasteiger charge is -2.32. The van der Waals surface area contributed by atoms with E-state index in [2.05, 4.69) is 41.3 Å². The summed E-state index contributed by atoms with van der Waals surface area (Å²) in [4.78, 5) is 13.3. The lowest BCUT2D eigenvalue weighted by atomic mass is 9.96. The number of piperidine rings is 1. The van der Waals surface area contributed by atoms with Gasteiger partial charge in [0, 0.05) is 18.8 Å². The van der Waals surface area contributed by atoms with Crippen molar-refractivity contribution in [1.82, 2.24) is 0 Å². The number of carboxylic acid groups (broad SMARTS) is 1. The van der Waals surface area contributed by atoms with Crippen LogP contribution in [0.5, 0.6) is 5.75 Å². The zero-order valence-electron chi connectivity index (χ0n) is 13.2. The quantitative estimate of drug-likeness (QED) is 0.936. The molecule has 1 aliphatic rings. The maximum Gasteiger partial charge on any atom is 0.306 e. The summed E-state index contributed by atoms with van der Waals surface area (Å²) in [6.07, 6.45) is 1.42. The van der Waals surface area contributed by atoms with Gasteiger partial charge in [0.25, 0.3) is 0 Å². The fourth-order valence-corrected chi connectivity index (χ4v) is 3.05. The van der Waals surface area contributed by atoms with E-state index in [0.29, 0.717) is 12.8 Å². The van der Waals surface area contributed by atoms with Crippen molar-refractivity contribution in [3.8, 4) is 16.9 Å². The Balaban J connectivity index is 1.76. The van der Waals surface area contributed by atoms with Gasteiger partial charge in [0.1, 0.15) is 5.75 Å². The number of carbonyl (C=O) groups is 1. The highest BCUT2D eigenvalue weighted by Crippen LogP contribution is 2.29. The summed E-state index contributed by atoms with van der Waals surface area (Å²) >= 11 is 0. The number of nitrogens with zero attached hydrogens (tertiary/aromatic N) is 1. The molecule has 1 heterocycles. The summed E-state index contributed by atoms with van der Waals surface area (Å²) in [5.74, 6) is -0.0201. The molecule has 2 aromatic rings. The lowest BCUT2D eigenvalue weighted by Crippen LogP contribution is -2.36. The third-order valence-corrected chi connectivity index (χ3v) is 4.48. The minimum absolute atomic E-state index is 0.198. The summed E-state index contributed by atoms with van der Waals surface area (Å²) in [5.41, 5.74) is 3.46. The second-order valence-electron chi connectivity index (χ2n) is 5.88. The van der Waals surface area contributed by atoms with Crippen molar-refractivity contribution in [2.75, 3.05) is 25.1 Å². The van der Waals surface area contributed by atoms with Crippen LogP contribution >= 0.6 is 0 Å². The zero-order chi connectivity index (χ0) is 16.2. The fourth-order valence-electron chi connectivity index (χ4n) is 3.05. The molecule has 0 aromatic heterocycles. The van der Waals surface area contributed by atoms with E-state index in [1.165, 1.54) is 0 Å². The van der Waals surface area contributed by atoms with Crippen LogP contribution in [0, 0.1) is 5.92 Å². The summed E-state index contributed by atoms with van der Waals surface area (Å²) in [5, 5.41) is 9.10. The molecule has 120 valence electrons. The molecule has 3 rings (SSSR count). The Morgan fingerprint density at radius 1 is 1.09 bits per heavy atom. The van der Waals surface area contributed by atoms with Crippen molar-refractivity contribution in [3.05, 3.63) is 48.5 Å². The molecule has 1 saturated heterocycles. The summed E-state index contributed by atoms with van der Waals surface area (Å²) in [6, 6.07) is 16.4. The van der Waals surface area contributed by atoms with E-state index in [4.69, 9.17) is 9.84 Å². The minimum atomic E-state index is -0.670. The first-order valence-corrected chi connectivity index (χ1v) is 7.89. The normalized spacial score (nSPS) is 15.4. The molecule has 1 N–H and O–H groups in total. The molecule has 0 radical (unpaired) electrons. The summed E-state index contributed by atoms with van der Waals surface area (Å²) < 4.78 is 5.20. The van der Waals surface area contributed by atoms with Crippen LogP contribution in [0.1, 0.15) is 12.8 Å². The molecule has 0 spiro atoms. The molecule has 0 unspecified atom stereocenters. The Bertz CT molecular complexity index is 673. The SMILES string of the molecule is COc1ccc(-c2cccc(N3CCC(C(=O)O)CC3)c2)cc1. The molecule has 1 fully saturated rings. The maximum atomic E-state index is 11.1. The van der Waals surface area contributed by atoms with E-state index in [-0.39, 0.29) is 5.92 Å². The first-order valence-electron chi connectivity index (χ1n) is 7.89. The second kappa shape index (κ2) is 6.73. The molecule has 4 nitrogen and oxygen atoms in total. The number of rotatable bonds is 4.